The van der Waals surface area contributed by atoms with Crippen LogP contribution >= 0.6 is 27.5 Å². The minimum atomic E-state index is -0.943. The fourth-order valence-corrected chi connectivity index (χ4v) is 2.40. The summed E-state index contributed by atoms with van der Waals surface area (Å²) in [4.78, 5) is 2.04. The van der Waals surface area contributed by atoms with Gasteiger partial charge in [-0.3, -0.25) is 4.68 Å². The van der Waals surface area contributed by atoms with E-state index in [1.54, 1.807) is 10.7 Å². The SMILES string of the molecule is CN(C)CCn1ncc(Cl)c1C(O)c1occc1Br. The van der Waals surface area contributed by atoms with Gasteiger partial charge in [0.1, 0.15) is 0 Å². The fraction of sp³-hybridized carbons (Fsp3) is 0.417. The van der Waals surface area contributed by atoms with Crippen molar-refractivity contribution in [3.63, 3.8) is 0 Å². The second-order valence-electron chi connectivity index (χ2n) is 4.44. The molecule has 0 aliphatic carbocycles. The van der Waals surface area contributed by atoms with Gasteiger partial charge in [-0.2, -0.15) is 5.10 Å². The molecule has 0 saturated heterocycles. The molecule has 0 aromatic carbocycles. The predicted octanol–water partition coefficient (Wildman–Crippen LogP) is 2.54. The number of aliphatic hydroxyl groups is 1. The van der Waals surface area contributed by atoms with Gasteiger partial charge in [0.2, 0.25) is 0 Å². The van der Waals surface area contributed by atoms with Crippen LogP contribution < -0.4 is 0 Å². The number of hydrogen-bond acceptors (Lipinski definition) is 4. The van der Waals surface area contributed by atoms with E-state index in [9.17, 15) is 5.11 Å². The molecular formula is C12H15BrClN3O2. The summed E-state index contributed by atoms with van der Waals surface area (Å²) in [5, 5.41) is 15.0. The molecule has 2 aromatic rings. The average Bonchev–Trinajstić information content (AvgIpc) is 2.92. The molecule has 0 spiro atoms. The molecule has 0 radical (unpaired) electrons. The van der Waals surface area contributed by atoms with Gasteiger partial charge in [-0.25, -0.2) is 0 Å². The van der Waals surface area contributed by atoms with E-state index >= 15 is 0 Å². The molecule has 0 saturated carbocycles. The topological polar surface area (TPSA) is 54.4 Å². The molecule has 0 aliphatic heterocycles. The zero-order valence-corrected chi connectivity index (χ0v) is 13.0. The third kappa shape index (κ3) is 3.20. The minimum absolute atomic E-state index is 0.425. The Morgan fingerprint density at radius 2 is 2.32 bits per heavy atom. The van der Waals surface area contributed by atoms with Gasteiger partial charge >= 0.3 is 0 Å². The van der Waals surface area contributed by atoms with Crippen LogP contribution in [0.1, 0.15) is 17.6 Å². The van der Waals surface area contributed by atoms with Crippen molar-refractivity contribution in [2.45, 2.75) is 12.6 Å². The molecule has 2 heterocycles. The number of hydrogen-bond donors (Lipinski definition) is 1. The van der Waals surface area contributed by atoms with Crippen molar-refractivity contribution in [3.8, 4) is 0 Å². The smallest absolute Gasteiger partial charge is 0.156 e. The van der Waals surface area contributed by atoms with Crippen LogP contribution in [-0.2, 0) is 6.54 Å². The highest BCUT2D eigenvalue weighted by Gasteiger charge is 2.24. The van der Waals surface area contributed by atoms with Crippen LogP contribution in [0.3, 0.4) is 0 Å². The van der Waals surface area contributed by atoms with E-state index in [-0.39, 0.29) is 0 Å². The second kappa shape index (κ2) is 6.09. The summed E-state index contributed by atoms with van der Waals surface area (Å²) in [5.74, 6) is 0.425. The first-order chi connectivity index (χ1) is 9.00. The van der Waals surface area contributed by atoms with Gasteiger partial charge in [0, 0.05) is 6.54 Å². The molecule has 2 rings (SSSR count). The van der Waals surface area contributed by atoms with Crippen LogP contribution in [0, 0.1) is 0 Å². The summed E-state index contributed by atoms with van der Waals surface area (Å²) < 4.78 is 7.68. The Bertz CT molecular complexity index is 553. The molecule has 1 N–H and O–H groups in total. The van der Waals surface area contributed by atoms with Gasteiger partial charge in [0.15, 0.2) is 11.9 Å². The van der Waals surface area contributed by atoms with Gasteiger partial charge in [-0.15, -0.1) is 0 Å². The fourth-order valence-electron chi connectivity index (χ4n) is 1.74. The lowest BCUT2D eigenvalue weighted by Crippen LogP contribution is -2.21. The van der Waals surface area contributed by atoms with Crippen molar-refractivity contribution in [2.75, 3.05) is 20.6 Å². The molecule has 0 amide bonds. The Morgan fingerprint density at radius 3 is 2.89 bits per heavy atom. The molecule has 7 heteroatoms. The maximum Gasteiger partial charge on any atom is 0.156 e. The summed E-state index contributed by atoms with van der Waals surface area (Å²) in [6.45, 7) is 1.45. The third-order valence-electron chi connectivity index (χ3n) is 2.74. The molecule has 1 atom stereocenters. The molecule has 1 unspecified atom stereocenters. The monoisotopic (exact) mass is 347 g/mol. The van der Waals surface area contributed by atoms with Crippen molar-refractivity contribution in [1.82, 2.24) is 14.7 Å². The number of aromatic nitrogens is 2. The van der Waals surface area contributed by atoms with E-state index in [0.717, 1.165) is 6.54 Å². The lowest BCUT2D eigenvalue weighted by Gasteiger charge is -2.15. The lowest BCUT2D eigenvalue weighted by molar-refractivity contribution is 0.176. The highest BCUT2D eigenvalue weighted by Crippen LogP contribution is 2.32. The predicted molar refractivity (Wildman–Crippen MR) is 76.3 cm³/mol. The standard InChI is InChI=1S/C12H15BrClN3O2/c1-16(2)4-5-17-10(9(14)7-15-17)11(18)12-8(13)3-6-19-12/h3,6-7,11,18H,4-5H2,1-2H3. The number of halogens is 2. The quantitative estimate of drug-likeness (QED) is 0.902. The second-order valence-corrected chi connectivity index (χ2v) is 5.70. The largest absolute Gasteiger partial charge is 0.465 e. The number of aliphatic hydroxyl groups excluding tert-OH is 1. The van der Waals surface area contributed by atoms with Crippen LogP contribution in [0.4, 0.5) is 0 Å². The number of nitrogens with zero attached hydrogens (tertiary/aromatic N) is 3. The summed E-state index contributed by atoms with van der Waals surface area (Å²) in [6, 6.07) is 1.73. The Morgan fingerprint density at radius 1 is 1.58 bits per heavy atom. The van der Waals surface area contributed by atoms with Crippen molar-refractivity contribution >= 4 is 27.5 Å². The Balaban J connectivity index is 2.28. The molecule has 104 valence electrons. The first-order valence-electron chi connectivity index (χ1n) is 5.77. The van der Waals surface area contributed by atoms with Crippen LogP contribution in [0.5, 0.6) is 0 Å². The first-order valence-corrected chi connectivity index (χ1v) is 6.94. The maximum absolute atomic E-state index is 10.4. The van der Waals surface area contributed by atoms with Gasteiger partial charge in [0.25, 0.3) is 0 Å². The van der Waals surface area contributed by atoms with Crippen LogP contribution in [-0.4, -0.2) is 40.4 Å². The van der Waals surface area contributed by atoms with Gasteiger partial charge in [0.05, 0.1) is 34.2 Å². The van der Waals surface area contributed by atoms with E-state index in [4.69, 9.17) is 16.0 Å². The third-order valence-corrected chi connectivity index (χ3v) is 3.69. The van der Waals surface area contributed by atoms with E-state index < -0.39 is 6.10 Å². The Kier molecular flexibility index (Phi) is 4.67. The Hall–Kier alpha value is -0.820. The average molecular weight is 349 g/mol. The minimum Gasteiger partial charge on any atom is -0.465 e. The Labute approximate surface area is 124 Å². The molecule has 0 bridgehead atoms. The number of rotatable bonds is 5. The summed E-state index contributed by atoms with van der Waals surface area (Å²) in [7, 11) is 3.95. The van der Waals surface area contributed by atoms with Crippen LogP contribution in [0.2, 0.25) is 5.02 Å². The van der Waals surface area contributed by atoms with Crippen LogP contribution in [0.25, 0.3) is 0 Å². The van der Waals surface area contributed by atoms with Gasteiger partial charge in [-0.05, 0) is 36.1 Å². The van der Waals surface area contributed by atoms with Crippen molar-refractivity contribution in [2.24, 2.45) is 0 Å². The van der Waals surface area contributed by atoms with E-state index in [2.05, 4.69) is 21.0 Å². The van der Waals surface area contributed by atoms with Gasteiger partial charge in [-0.1, -0.05) is 11.6 Å². The zero-order chi connectivity index (χ0) is 14.0. The molecular weight excluding hydrogens is 334 g/mol. The summed E-state index contributed by atoms with van der Waals surface area (Å²) in [6.07, 6.45) is 2.10. The van der Waals surface area contributed by atoms with Crippen molar-refractivity contribution < 1.29 is 9.52 Å². The number of furan rings is 1. The van der Waals surface area contributed by atoms with E-state index in [1.807, 2.05) is 19.0 Å². The molecule has 0 aliphatic rings. The molecule has 0 fully saturated rings. The van der Waals surface area contributed by atoms with E-state index in [1.165, 1.54) is 12.5 Å². The zero-order valence-electron chi connectivity index (χ0n) is 10.7. The van der Waals surface area contributed by atoms with Gasteiger partial charge < -0.3 is 14.4 Å². The van der Waals surface area contributed by atoms with Crippen molar-refractivity contribution in [3.05, 3.63) is 39.5 Å². The molecule has 2 aromatic heterocycles. The lowest BCUT2D eigenvalue weighted by atomic mass is 10.2. The normalized spacial score (nSPS) is 13.2. The highest BCUT2D eigenvalue weighted by molar-refractivity contribution is 9.10. The van der Waals surface area contributed by atoms with E-state index in [0.29, 0.717) is 27.5 Å². The maximum atomic E-state index is 10.4. The highest BCUT2D eigenvalue weighted by atomic mass is 79.9. The summed E-state index contributed by atoms with van der Waals surface area (Å²) in [5.41, 5.74) is 0.541. The first kappa shape index (κ1) is 14.6. The molecule has 5 nitrogen and oxygen atoms in total. The molecule has 19 heavy (non-hydrogen) atoms. The number of likely N-dealkylation sites (N-methyl/N-ethyl adjacent to an activating group) is 1. The summed E-state index contributed by atoms with van der Waals surface area (Å²) >= 11 is 9.44. The van der Waals surface area contributed by atoms with Crippen LogP contribution in [0.15, 0.2) is 27.4 Å². The van der Waals surface area contributed by atoms with Crippen molar-refractivity contribution in [1.29, 1.82) is 0 Å².